The van der Waals surface area contributed by atoms with E-state index in [1.165, 1.54) is 71.5 Å². The standard InChI is InChI=1S/C60H41N5.CH4/c1-60(2)51-24-14-12-22-45(51)47-36-50-49-35-42(41-28-32-54-48(34-41)46-23-13-15-25-53(46)64(54)43-20-10-5-11-21-43)29-33-55(49)65(56(50)37-52(47)60)44-30-26-40(27-31-44)59-62-57(38-16-6-3-7-17-38)61-58(63-59)39-18-8-4-9-19-39;/h3-37H,1-2H3;1H4. The molecular formula is C61H45N5. The molecule has 1 aliphatic rings. The molecule has 0 saturated heterocycles. The van der Waals surface area contributed by atoms with Crippen molar-refractivity contribution in [3.63, 3.8) is 0 Å². The Bertz CT molecular complexity index is 3770. The molecule has 0 bridgehead atoms. The third-order valence-electron chi connectivity index (χ3n) is 13.6. The topological polar surface area (TPSA) is 48.5 Å². The van der Waals surface area contributed by atoms with Gasteiger partial charge >= 0.3 is 0 Å². The van der Waals surface area contributed by atoms with Crippen LogP contribution in [0.1, 0.15) is 32.4 Å². The van der Waals surface area contributed by atoms with Crippen LogP contribution in [0.15, 0.2) is 212 Å². The number of nitrogens with zero attached hydrogens (tertiary/aromatic N) is 5. The molecule has 9 aromatic carbocycles. The van der Waals surface area contributed by atoms with Crippen molar-refractivity contribution in [1.82, 2.24) is 24.1 Å². The first-order valence-electron chi connectivity index (χ1n) is 22.3. The van der Waals surface area contributed by atoms with E-state index in [9.17, 15) is 0 Å². The van der Waals surface area contributed by atoms with E-state index in [0.717, 1.165) is 33.6 Å². The number of para-hydroxylation sites is 2. The number of hydrogen-bond acceptors (Lipinski definition) is 3. The Morgan fingerprint density at radius 1 is 0.318 bits per heavy atom. The van der Waals surface area contributed by atoms with Crippen molar-refractivity contribution in [1.29, 1.82) is 0 Å². The quantitative estimate of drug-likeness (QED) is 0.167. The fraction of sp³-hybridized carbons (Fsp3) is 0.0656. The van der Waals surface area contributed by atoms with Gasteiger partial charge in [0.1, 0.15) is 0 Å². The largest absolute Gasteiger partial charge is 0.309 e. The number of aromatic nitrogens is 5. The molecular weight excluding hydrogens is 803 g/mol. The highest BCUT2D eigenvalue weighted by Crippen LogP contribution is 2.51. The van der Waals surface area contributed by atoms with Crippen LogP contribution in [0, 0.1) is 0 Å². The predicted molar refractivity (Wildman–Crippen MR) is 275 cm³/mol. The summed E-state index contributed by atoms with van der Waals surface area (Å²) in [6.07, 6.45) is 0. The summed E-state index contributed by atoms with van der Waals surface area (Å²) >= 11 is 0. The predicted octanol–water partition coefficient (Wildman–Crippen LogP) is 15.7. The van der Waals surface area contributed by atoms with Crippen LogP contribution < -0.4 is 0 Å². The molecule has 13 rings (SSSR count). The summed E-state index contributed by atoms with van der Waals surface area (Å²) in [6, 6.07) is 76.2. The van der Waals surface area contributed by atoms with E-state index in [1.807, 2.05) is 60.7 Å². The SMILES string of the molecule is C.CC1(C)c2ccccc2-c2cc3c4cc(-c5ccc6c(c5)c5ccccc5n6-c5ccccc5)ccc4n(-c4ccc(-c5nc(-c6ccccc6)nc(-c6ccccc6)n5)cc4)c3cc21. The van der Waals surface area contributed by atoms with Gasteiger partial charge in [-0.05, 0) is 112 Å². The molecule has 0 unspecified atom stereocenters. The second-order valence-electron chi connectivity index (χ2n) is 17.7. The van der Waals surface area contributed by atoms with Crippen molar-refractivity contribution in [2.45, 2.75) is 26.7 Å². The third kappa shape index (κ3) is 6.04. The van der Waals surface area contributed by atoms with Crippen molar-refractivity contribution in [3.05, 3.63) is 223 Å². The first kappa shape index (κ1) is 39.2. The fourth-order valence-electron chi connectivity index (χ4n) is 10.4. The van der Waals surface area contributed by atoms with Gasteiger partial charge in [-0.25, -0.2) is 15.0 Å². The Kier molecular flexibility index (Phi) is 8.97. The summed E-state index contributed by atoms with van der Waals surface area (Å²) in [5.41, 5.74) is 17.4. The zero-order valence-electron chi connectivity index (χ0n) is 35.9. The lowest BCUT2D eigenvalue weighted by atomic mass is 9.82. The number of benzene rings is 9. The second kappa shape index (κ2) is 15.1. The van der Waals surface area contributed by atoms with Crippen LogP contribution in [0.25, 0.3) is 111 Å². The molecule has 0 aliphatic heterocycles. The molecule has 1 aliphatic carbocycles. The maximum atomic E-state index is 5.03. The molecule has 12 aromatic rings. The van der Waals surface area contributed by atoms with Gasteiger partial charge in [0.2, 0.25) is 0 Å². The molecule has 0 N–H and O–H groups in total. The minimum absolute atomic E-state index is 0. The van der Waals surface area contributed by atoms with Crippen LogP contribution in [0.5, 0.6) is 0 Å². The molecule has 3 aromatic heterocycles. The van der Waals surface area contributed by atoms with Crippen LogP contribution in [-0.4, -0.2) is 24.1 Å². The van der Waals surface area contributed by atoms with Crippen molar-refractivity contribution in [2.75, 3.05) is 0 Å². The normalized spacial score (nSPS) is 12.7. The van der Waals surface area contributed by atoms with E-state index in [0.29, 0.717) is 17.5 Å². The zero-order valence-corrected chi connectivity index (χ0v) is 35.9. The Morgan fingerprint density at radius 3 is 1.38 bits per heavy atom. The van der Waals surface area contributed by atoms with Crippen LogP contribution in [0.4, 0.5) is 0 Å². The molecule has 3 heterocycles. The van der Waals surface area contributed by atoms with Gasteiger partial charge in [0.15, 0.2) is 17.5 Å². The van der Waals surface area contributed by atoms with E-state index >= 15 is 0 Å². The highest BCUT2D eigenvalue weighted by atomic mass is 15.0. The first-order chi connectivity index (χ1) is 32.0. The van der Waals surface area contributed by atoms with Gasteiger partial charge in [-0.3, -0.25) is 0 Å². The van der Waals surface area contributed by atoms with E-state index in [-0.39, 0.29) is 12.8 Å². The average molecular weight is 848 g/mol. The van der Waals surface area contributed by atoms with E-state index in [2.05, 4.69) is 175 Å². The molecule has 314 valence electrons. The average Bonchev–Trinajstić information content (AvgIpc) is 3.96. The molecule has 5 nitrogen and oxygen atoms in total. The molecule has 0 fully saturated rings. The summed E-state index contributed by atoms with van der Waals surface area (Å²) in [4.78, 5) is 15.0. The number of hydrogen-bond donors (Lipinski definition) is 0. The van der Waals surface area contributed by atoms with Gasteiger partial charge in [-0.1, -0.05) is 155 Å². The van der Waals surface area contributed by atoms with Gasteiger partial charge < -0.3 is 9.13 Å². The summed E-state index contributed by atoms with van der Waals surface area (Å²) in [6.45, 7) is 4.72. The van der Waals surface area contributed by atoms with Crippen LogP contribution in [-0.2, 0) is 5.41 Å². The molecule has 0 radical (unpaired) electrons. The fourth-order valence-corrected chi connectivity index (χ4v) is 10.4. The molecule has 0 amide bonds. The first-order valence-corrected chi connectivity index (χ1v) is 22.3. The highest BCUT2D eigenvalue weighted by molar-refractivity contribution is 6.14. The summed E-state index contributed by atoms with van der Waals surface area (Å²) in [5.74, 6) is 1.93. The maximum absolute atomic E-state index is 5.03. The minimum Gasteiger partial charge on any atom is -0.309 e. The molecule has 0 saturated carbocycles. The molecule has 5 heteroatoms. The Hall–Kier alpha value is -8.41. The van der Waals surface area contributed by atoms with Gasteiger partial charge in [0.25, 0.3) is 0 Å². The van der Waals surface area contributed by atoms with Crippen molar-refractivity contribution in [3.8, 4) is 67.8 Å². The van der Waals surface area contributed by atoms with Crippen LogP contribution in [0.3, 0.4) is 0 Å². The smallest absolute Gasteiger partial charge is 0.164 e. The number of rotatable bonds is 6. The van der Waals surface area contributed by atoms with E-state index in [4.69, 9.17) is 15.0 Å². The van der Waals surface area contributed by atoms with Crippen molar-refractivity contribution < 1.29 is 0 Å². The summed E-state index contributed by atoms with van der Waals surface area (Å²) < 4.78 is 4.81. The molecule has 66 heavy (non-hydrogen) atoms. The van der Waals surface area contributed by atoms with E-state index < -0.39 is 0 Å². The van der Waals surface area contributed by atoms with Crippen molar-refractivity contribution in [2.24, 2.45) is 0 Å². The monoisotopic (exact) mass is 847 g/mol. The van der Waals surface area contributed by atoms with Gasteiger partial charge in [0, 0.05) is 55.0 Å². The third-order valence-corrected chi connectivity index (χ3v) is 13.6. The second-order valence-corrected chi connectivity index (χ2v) is 17.7. The highest BCUT2D eigenvalue weighted by Gasteiger charge is 2.36. The molecule has 0 spiro atoms. The molecule has 0 atom stereocenters. The minimum atomic E-state index is -0.142. The van der Waals surface area contributed by atoms with Gasteiger partial charge in [-0.15, -0.1) is 0 Å². The van der Waals surface area contributed by atoms with Gasteiger partial charge in [0.05, 0.1) is 22.1 Å². The number of fused-ring (bicyclic) bond motifs is 9. The Labute approximate surface area is 384 Å². The van der Waals surface area contributed by atoms with Crippen molar-refractivity contribution >= 4 is 43.6 Å². The maximum Gasteiger partial charge on any atom is 0.164 e. The summed E-state index contributed by atoms with van der Waals surface area (Å²) in [7, 11) is 0. The van der Waals surface area contributed by atoms with Crippen LogP contribution in [0.2, 0.25) is 0 Å². The Balaban J connectivity index is 0.00000456. The summed E-state index contributed by atoms with van der Waals surface area (Å²) in [5, 5.41) is 4.94. The lowest BCUT2D eigenvalue weighted by Gasteiger charge is -2.21. The van der Waals surface area contributed by atoms with Crippen LogP contribution >= 0.6 is 0 Å². The zero-order chi connectivity index (χ0) is 43.2. The lowest BCUT2D eigenvalue weighted by Crippen LogP contribution is -2.14. The van der Waals surface area contributed by atoms with E-state index in [1.54, 1.807) is 0 Å². The van der Waals surface area contributed by atoms with Gasteiger partial charge in [-0.2, -0.15) is 0 Å². The lowest BCUT2D eigenvalue weighted by molar-refractivity contribution is 0.661. The Morgan fingerprint density at radius 2 is 0.758 bits per heavy atom.